The predicted molar refractivity (Wildman–Crippen MR) is 78.3 cm³/mol. The van der Waals surface area contributed by atoms with Crippen molar-refractivity contribution in [2.45, 2.75) is 39.7 Å². The zero-order valence-electron chi connectivity index (χ0n) is 12.1. The van der Waals surface area contributed by atoms with Crippen molar-refractivity contribution >= 4 is 25.1 Å². The van der Waals surface area contributed by atoms with E-state index in [0.29, 0.717) is 12.5 Å². The van der Waals surface area contributed by atoms with E-state index in [1.165, 1.54) is 0 Å². The van der Waals surface area contributed by atoms with Gasteiger partial charge in [0, 0.05) is 6.54 Å². The molecule has 0 N–H and O–H groups in total. The standard InChI is InChI=1S/C15H20BNO2/c1-10-7-11-8-12(16)5-6-13(11)17(9-10)14(18)19-15(2,3)4/h5-6,8,10H,7,9H2,1-4H3. The van der Waals surface area contributed by atoms with Crippen LogP contribution in [0.2, 0.25) is 0 Å². The number of carbonyl (C=O) groups excluding carboxylic acids is 1. The Labute approximate surface area is 116 Å². The van der Waals surface area contributed by atoms with Crippen molar-refractivity contribution in [1.29, 1.82) is 0 Å². The van der Waals surface area contributed by atoms with E-state index in [4.69, 9.17) is 12.6 Å². The number of fused-ring (bicyclic) bond motifs is 1. The molecule has 19 heavy (non-hydrogen) atoms. The predicted octanol–water partition coefficient (Wildman–Crippen LogP) is 2.41. The molecular weight excluding hydrogens is 237 g/mol. The van der Waals surface area contributed by atoms with Gasteiger partial charge >= 0.3 is 6.09 Å². The van der Waals surface area contributed by atoms with Crippen LogP contribution in [-0.4, -0.2) is 26.1 Å². The van der Waals surface area contributed by atoms with Crippen LogP contribution in [0.15, 0.2) is 18.2 Å². The van der Waals surface area contributed by atoms with Crippen molar-refractivity contribution in [1.82, 2.24) is 0 Å². The maximum atomic E-state index is 12.3. The van der Waals surface area contributed by atoms with Gasteiger partial charge in [-0.3, -0.25) is 4.90 Å². The van der Waals surface area contributed by atoms with Crippen LogP contribution in [0.5, 0.6) is 0 Å². The van der Waals surface area contributed by atoms with Crippen molar-refractivity contribution in [2.24, 2.45) is 5.92 Å². The Hall–Kier alpha value is -1.45. The Kier molecular flexibility index (Phi) is 3.61. The number of carbonyl (C=O) groups is 1. The van der Waals surface area contributed by atoms with E-state index < -0.39 is 5.60 Å². The van der Waals surface area contributed by atoms with Crippen LogP contribution < -0.4 is 10.4 Å². The lowest BCUT2D eigenvalue weighted by Crippen LogP contribution is -2.42. The van der Waals surface area contributed by atoms with E-state index in [0.717, 1.165) is 23.1 Å². The van der Waals surface area contributed by atoms with Crippen LogP contribution in [0.3, 0.4) is 0 Å². The van der Waals surface area contributed by atoms with Gasteiger partial charge in [-0.15, -0.1) is 0 Å². The molecule has 1 heterocycles. The van der Waals surface area contributed by atoms with Gasteiger partial charge in [-0.05, 0) is 44.7 Å². The number of rotatable bonds is 0. The average Bonchev–Trinajstić information content (AvgIpc) is 2.24. The highest BCUT2D eigenvalue weighted by atomic mass is 16.6. The zero-order chi connectivity index (χ0) is 14.2. The van der Waals surface area contributed by atoms with Gasteiger partial charge < -0.3 is 4.74 Å². The molecule has 0 aliphatic carbocycles. The molecule has 0 saturated carbocycles. The van der Waals surface area contributed by atoms with Crippen molar-refractivity contribution in [3.05, 3.63) is 23.8 Å². The highest BCUT2D eigenvalue weighted by molar-refractivity contribution is 6.32. The number of anilines is 1. The van der Waals surface area contributed by atoms with Gasteiger partial charge in [-0.25, -0.2) is 4.79 Å². The molecule has 0 fully saturated rings. The van der Waals surface area contributed by atoms with Crippen molar-refractivity contribution in [3.63, 3.8) is 0 Å². The summed E-state index contributed by atoms with van der Waals surface area (Å²) in [7, 11) is 5.82. The molecule has 0 aromatic heterocycles. The van der Waals surface area contributed by atoms with Crippen LogP contribution in [0, 0.1) is 5.92 Å². The summed E-state index contributed by atoms with van der Waals surface area (Å²) in [6.07, 6.45) is 0.657. The molecule has 3 nitrogen and oxygen atoms in total. The molecule has 1 aliphatic rings. The van der Waals surface area contributed by atoms with Gasteiger partial charge in [0.2, 0.25) is 0 Å². The first-order valence-electron chi connectivity index (χ1n) is 6.65. The molecule has 2 rings (SSSR count). The second-order valence-corrected chi connectivity index (χ2v) is 6.29. The molecule has 0 saturated heterocycles. The summed E-state index contributed by atoms with van der Waals surface area (Å²) < 4.78 is 5.47. The normalized spacial score (nSPS) is 18.9. The first kappa shape index (κ1) is 14.0. The molecule has 100 valence electrons. The summed E-state index contributed by atoms with van der Waals surface area (Å²) in [6.45, 7) is 8.45. The van der Waals surface area contributed by atoms with Gasteiger partial charge in [-0.1, -0.05) is 24.5 Å². The van der Waals surface area contributed by atoms with E-state index in [1.54, 1.807) is 4.90 Å². The third kappa shape index (κ3) is 3.31. The lowest BCUT2D eigenvalue weighted by molar-refractivity contribution is 0.0572. The van der Waals surface area contributed by atoms with Crippen LogP contribution in [-0.2, 0) is 11.2 Å². The number of hydrogen-bond acceptors (Lipinski definition) is 2. The molecule has 1 unspecified atom stereocenters. The van der Waals surface area contributed by atoms with Gasteiger partial charge in [0.15, 0.2) is 0 Å². The molecule has 0 bridgehead atoms. The summed E-state index contributed by atoms with van der Waals surface area (Å²) in [5.41, 5.74) is 2.29. The Morgan fingerprint density at radius 3 is 2.74 bits per heavy atom. The lowest BCUT2D eigenvalue weighted by atomic mass is 9.88. The van der Waals surface area contributed by atoms with Crippen molar-refractivity contribution < 1.29 is 9.53 Å². The summed E-state index contributed by atoms with van der Waals surface area (Å²) in [4.78, 5) is 14.0. The van der Waals surface area contributed by atoms with E-state index in [2.05, 4.69) is 6.92 Å². The molecule has 1 atom stereocenters. The smallest absolute Gasteiger partial charge is 0.414 e. The van der Waals surface area contributed by atoms with E-state index in [9.17, 15) is 4.79 Å². The number of ether oxygens (including phenoxy) is 1. The summed E-state index contributed by atoms with van der Waals surface area (Å²) in [5, 5.41) is 0. The van der Waals surface area contributed by atoms with Crippen LogP contribution in [0.1, 0.15) is 33.3 Å². The molecule has 1 aromatic rings. The zero-order valence-corrected chi connectivity index (χ0v) is 12.1. The van der Waals surface area contributed by atoms with Crippen LogP contribution in [0.4, 0.5) is 10.5 Å². The molecule has 1 aromatic carbocycles. The second-order valence-electron chi connectivity index (χ2n) is 6.29. The third-order valence-electron chi connectivity index (χ3n) is 3.07. The lowest BCUT2D eigenvalue weighted by Gasteiger charge is -2.34. The molecular formula is C15H20BNO2. The molecule has 1 amide bonds. The van der Waals surface area contributed by atoms with Crippen LogP contribution >= 0.6 is 0 Å². The van der Waals surface area contributed by atoms with Crippen molar-refractivity contribution in [3.8, 4) is 0 Å². The fraction of sp³-hybridized carbons (Fsp3) is 0.533. The minimum absolute atomic E-state index is 0.287. The highest BCUT2D eigenvalue weighted by Gasteiger charge is 2.29. The van der Waals surface area contributed by atoms with Crippen LogP contribution in [0.25, 0.3) is 0 Å². The van der Waals surface area contributed by atoms with E-state index >= 15 is 0 Å². The monoisotopic (exact) mass is 257 g/mol. The largest absolute Gasteiger partial charge is 0.443 e. The Morgan fingerprint density at radius 1 is 1.42 bits per heavy atom. The topological polar surface area (TPSA) is 29.5 Å². The number of hydrogen-bond donors (Lipinski definition) is 0. The number of amides is 1. The van der Waals surface area contributed by atoms with Gasteiger partial charge in [0.05, 0.1) is 5.69 Å². The third-order valence-corrected chi connectivity index (χ3v) is 3.07. The SMILES string of the molecule is [B]c1ccc2c(c1)CC(C)CN2C(=O)OC(C)(C)C. The molecule has 0 spiro atoms. The van der Waals surface area contributed by atoms with Gasteiger partial charge in [-0.2, -0.15) is 0 Å². The highest BCUT2D eigenvalue weighted by Crippen LogP contribution is 2.30. The first-order chi connectivity index (χ1) is 8.76. The molecule has 1 aliphatic heterocycles. The summed E-state index contributed by atoms with van der Waals surface area (Å²) in [6, 6.07) is 5.68. The summed E-state index contributed by atoms with van der Waals surface area (Å²) in [5.74, 6) is 0.404. The maximum absolute atomic E-state index is 12.3. The minimum Gasteiger partial charge on any atom is -0.443 e. The Balaban J connectivity index is 2.30. The number of benzene rings is 1. The molecule has 2 radical (unpaired) electrons. The fourth-order valence-electron chi connectivity index (χ4n) is 2.37. The van der Waals surface area contributed by atoms with E-state index in [1.807, 2.05) is 39.0 Å². The minimum atomic E-state index is -0.480. The summed E-state index contributed by atoms with van der Waals surface area (Å²) >= 11 is 0. The average molecular weight is 257 g/mol. The van der Waals surface area contributed by atoms with Gasteiger partial charge in [0.25, 0.3) is 0 Å². The van der Waals surface area contributed by atoms with Crippen molar-refractivity contribution in [2.75, 3.05) is 11.4 Å². The Morgan fingerprint density at radius 2 is 2.11 bits per heavy atom. The van der Waals surface area contributed by atoms with Gasteiger partial charge in [0.1, 0.15) is 13.4 Å². The number of nitrogens with zero attached hydrogens (tertiary/aromatic N) is 1. The Bertz CT molecular complexity index is 493. The first-order valence-corrected chi connectivity index (χ1v) is 6.65. The van der Waals surface area contributed by atoms with E-state index in [-0.39, 0.29) is 6.09 Å². The molecule has 4 heteroatoms. The maximum Gasteiger partial charge on any atom is 0.414 e. The second kappa shape index (κ2) is 4.91. The quantitative estimate of drug-likeness (QED) is 0.668. The fourth-order valence-corrected chi connectivity index (χ4v) is 2.37.